The number of aromatic nitrogens is 2. The highest BCUT2D eigenvalue weighted by atomic mass is 16.1. The molecule has 4 heteroatoms. The summed E-state index contributed by atoms with van der Waals surface area (Å²) in [6, 6.07) is 13.7. The highest BCUT2D eigenvalue weighted by molar-refractivity contribution is 5.76. The van der Waals surface area contributed by atoms with Crippen molar-refractivity contribution in [2.75, 3.05) is 0 Å². The average Bonchev–Trinajstić information content (AvgIpc) is 2.45. The van der Waals surface area contributed by atoms with Gasteiger partial charge < -0.3 is 5.32 Å². The van der Waals surface area contributed by atoms with Crippen LogP contribution in [-0.4, -0.2) is 16.1 Å². The Bertz CT molecular complexity index is 523. The fourth-order valence-electron chi connectivity index (χ4n) is 1.70. The Hall–Kier alpha value is -2.23. The summed E-state index contributed by atoms with van der Waals surface area (Å²) in [7, 11) is 0. The molecule has 19 heavy (non-hydrogen) atoms. The van der Waals surface area contributed by atoms with E-state index < -0.39 is 0 Å². The van der Waals surface area contributed by atoms with Crippen LogP contribution in [0.1, 0.15) is 23.4 Å². The molecule has 2 rings (SSSR count). The fraction of sp³-hybridized carbons (Fsp3) is 0.267. The molecule has 1 N–H and O–H groups in total. The van der Waals surface area contributed by atoms with Crippen molar-refractivity contribution >= 4 is 5.91 Å². The Morgan fingerprint density at radius 2 is 1.89 bits per heavy atom. The third kappa shape index (κ3) is 4.50. The minimum atomic E-state index is 0.0335. The van der Waals surface area contributed by atoms with E-state index in [0.717, 1.165) is 17.8 Å². The number of carbonyl (C=O) groups excluding carboxylic acids is 1. The van der Waals surface area contributed by atoms with E-state index in [-0.39, 0.29) is 5.91 Å². The molecule has 1 aromatic carbocycles. The molecular weight excluding hydrogens is 238 g/mol. The van der Waals surface area contributed by atoms with Gasteiger partial charge in [0, 0.05) is 6.42 Å². The first-order valence-electron chi connectivity index (χ1n) is 6.34. The number of amides is 1. The number of rotatable bonds is 5. The zero-order valence-electron chi connectivity index (χ0n) is 11.0. The summed E-state index contributed by atoms with van der Waals surface area (Å²) in [6.07, 6.45) is 1.25. The predicted octanol–water partition coefficient (Wildman–Crippen LogP) is 2.03. The smallest absolute Gasteiger partial charge is 0.220 e. The number of benzene rings is 1. The lowest BCUT2D eigenvalue weighted by Crippen LogP contribution is -2.23. The third-order valence-corrected chi connectivity index (χ3v) is 2.80. The first kappa shape index (κ1) is 13.2. The van der Waals surface area contributed by atoms with Gasteiger partial charge in [0.05, 0.1) is 17.9 Å². The van der Waals surface area contributed by atoms with E-state index in [1.54, 1.807) is 0 Å². The Balaban J connectivity index is 1.74. The van der Waals surface area contributed by atoms with Crippen LogP contribution >= 0.6 is 0 Å². The van der Waals surface area contributed by atoms with E-state index in [2.05, 4.69) is 15.5 Å². The molecule has 0 saturated carbocycles. The number of hydrogen-bond donors (Lipinski definition) is 1. The van der Waals surface area contributed by atoms with E-state index >= 15 is 0 Å². The first-order chi connectivity index (χ1) is 9.24. The van der Waals surface area contributed by atoms with Gasteiger partial charge in [-0.15, -0.1) is 0 Å². The highest BCUT2D eigenvalue weighted by Crippen LogP contribution is 2.02. The summed E-state index contributed by atoms with van der Waals surface area (Å²) in [5.74, 6) is 0.0335. The van der Waals surface area contributed by atoms with E-state index in [1.807, 2.05) is 49.4 Å². The van der Waals surface area contributed by atoms with Crippen molar-refractivity contribution in [3.8, 4) is 0 Å². The standard InChI is InChI=1S/C15H17N3O/c1-12-7-9-14(18-17-12)11-16-15(19)10-8-13-5-3-2-4-6-13/h2-7,9H,8,10-11H2,1H3,(H,16,19). The van der Waals surface area contributed by atoms with Crippen molar-refractivity contribution in [3.05, 3.63) is 59.4 Å². The van der Waals surface area contributed by atoms with Crippen LogP contribution in [0, 0.1) is 6.92 Å². The Kier molecular flexibility index (Phi) is 4.61. The lowest BCUT2D eigenvalue weighted by Gasteiger charge is -2.04. The second-order valence-corrected chi connectivity index (χ2v) is 4.43. The number of hydrogen-bond acceptors (Lipinski definition) is 3. The van der Waals surface area contributed by atoms with Gasteiger partial charge in [0.25, 0.3) is 0 Å². The van der Waals surface area contributed by atoms with Gasteiger partial charge in [0.1, 0.15) is 0 Å². The van der Waals surface area contributed by atoms with Gasteiger partial charge in [-0.1, -0.05) is 30.3 Å². The molecule has 0 aliphatic carbocycles. The Morgan fingerprint density at radius 1 is 1.11 bits per heavy atom. The van der Waals surface area contributed by atoms with E-state index in [4.69, 9.17) is 0 Å². The van der Waals surface area contributed by atoms with Gasteiger partial charge >= 0.3 is 0 Å². The second kappa shape index (κ2) is 6.64. The van der Waals surface area contributed by atoms with Crippen LogP contribution in [-0.2, 0) is 17.8 Å². The van der Waals surface area contributed by atoms with E-state index in [0.29, 0.717) is 13.0 Å². The minimum absolute atomic E-state index is 0.0335. The molecule has 1 amide bonds. The van der Waals surface area contributed by atoms with Gasteiger partial charge in [0.15, 0.2) is 0 Å². The van der Waals surface area contributed by atoms with Crippen LogP contribution in [0.15, 0.2) is 42.5 Å². The molecular formula is C15H17N3O. The predicted molar refractivity (Wildman–Crippen MR) is 73.4 cm³/mol. The van der Waals surface area contributed by atoms with Crippen LogP contribution in [0.3, 0.4) is 0 Å². The van der Waals surface area contributed by atoms with Crippen LogP contribution in [0.2, 0.25) is 0 Å². The topological polar surface area (TPSA) is 54.9 Å². The number of nitrogens with zero attached hydrogens (tertiary/aromatic N) is 2. The van der Waals surface area contributed by atoms with Gasteiger partial charge in [0.2, 0.25) is 5.91 Å². The van der Waals surface area contributed by atoms with Crippen molar-refractivity contribution in [3.63, 3.8) is 0 Å². The Labute approximate surface area is 112 Å². The fourth-order valence-corrected chi connectivity index (χ4v) is 1.70. The molecule has 0 saturated heterocycles. The quantitative estimate of drug-likeness (QED) is 0.889. The van der Waals surface area contributed by atoms with Crippen molar-refractivity contribution in [2.45, 2.75) is 26.3 Å². The Morgan fingerprint density at radius 3 is 2.58 bits per heavy atom. The molecule has 1 aromatic heterocycles. The van der Waals surface area contributed by atoms with Crippen molar-refractivity contribution in [2.24, 2.45) is 0 Å². The minimum Gasteiger partial charge on any atom is -0.350 e. The lowest BCUT2D eigenvalue weighted by atomic mass is 10.1. The second-order valence-electron chi connectivity index (χ2n) is 4.43. The molecule has 2 aromatic rings. The maximum absolute atomic E-state index is 11.7. The molecule has 0 bridgehead atoms. The summed E-state index contributed by atoms with van der Waals surface area (Å²) < 4.78 is 0. The molecule has 0 fully saturated rings. The van der Waals surface area contributed by atoms with Gasteiger partial charge in [-0.2, -0.15) is 10.2 Å². The maximum Gasteiger partial charge on any atom is 0.220 e. The first-order valence-corrected chi connectivity index (χ1v) is 6.34. The van der Waals surface area contributed by atoms with Gasteiger partial charge in [-0.25, -0.2) is 0 Å². The average molecular weight is 255 g/mol. The summed E-state index contributed by atoms with van der Waals surface area (Å²) >= 11 is 0. The lowest BCUT2D eigenvalue weighted by molar-refractivity contribution is -0.121. The third-order valence-electron chi connectivity index (χ3n) is 2.80. The van der Waals surface area contributed by atoms with Crippen LogP contribution < -0.4 is 5.32 Å². The molecule has 0 radical (unpaired) electrons. The van der Waals surface area contributed by atoms with Crippen molar-refractivity contribution in [1.82, 2.24) is 15.5 Å². The number of nitrogens with one attached hydrogen (secondary N) is 1. The van der Waals surface area contributed by atoms with Gasteiger partial charge in [-0.05, 0) is 31.0 Å². The number of aryl methyl sites for hydroxylation is 2. The molecule has 4 nitrogen and oxygen atoms in total. The van der Waals surface area contributed by atoms with Crippen molar-refractivity contribution < 1.29 is 4.79 Å². The molecule has 0 spiro atoms. The summed E-state index contributed by atoms with van der Waals surface area (Å²) in [5.41, 5.74) is 2.82. The monoisotopic (exact) mass is 255 g/mol. The molecule has 0 aliphatic heterocycles. The van der Waals surface area contributed by atoms with E-state index in [1.165, 1.54) is 5.56 Å². The SMILES string of the molecule is Cc1ccc(CNC(=O)CCc2ccccc2)nn1. The highest BCUT2D eigenvalue weighted by Gasteiger charge is 2.03. The molecule has 0 unspecified atom stereocenters. The van der Waals surface area contributed by atoms with Crippen LogP contribution in [0.4, 0.5) is 0 Å². The largest absolute Gasteiger partial charge is 0.350 e. The molecule has 0 aliphatic rings. The van der Waals surface area contributed by atoms with Crippen LogP contribution in [0.25, 0.3) is 0 Å². The molecule has 1 heterocycles. The maximum atomic E-state index is 11.7. The number of carbonyl (C=O) groups is 1. The van der Waals surface area contributed by atoms with Gasteiger partial charge in [-0.3, -0.25) is 4.79 Å². The van der Waals surface area contributed by atoms with E-state index in [9.17, 15) is 4.79 Å². The summed E-state index contributed by atoms with van der Waals surface area (Å²) in [4.78, 5) is 11.7. The molecule has 0 atom stereocenters. The van der Waals surface area contributed by atoms with Crippen molar-refractivity contribution in [1.29, 1.82) is 0 Å². The zero-order valence-corrected chi connectivity index (χ0v) is 11.0. The normalized spacial score (nSPS) is 10.2. The molecule has 98 valence electrons. The summed E-state index contributed by atoms with van der Waals surface area (Å²) in [5, 5.41) is 10.8. The zero-order chi connectivity index (χ0) is 13.5. The summed E-state index contributed by atoms with van der Waals surface area (Å²) in [6.45, 7) is 2.32. The van der Waals surface area contributed by atoms with Crippen LogP contribution in [0.5, 0.6) is 0 Å².